The van der Waals surface area contributed by atoms with Gasteiger partial charge in [0, 0.05) is 23.4 Å². The largest absolute Gasteiger partial charge is 0.490 e. The third-order valence-corrected chi connectivity index (χ3v) is 4.43. The molecule has 0 saturated heterocycles. The van der Waals surface area contributed by atoms with Crippen LogP contribution in [0.3, 0.4) is 0 Å². The number of carboxylic acid groups (broad SMARTS) is 1. The Morgan fingerprint density at radius 2 is 1.85 bits per heavy atom. The van der Waals surface area contributed by atoms with E-state index in [2.05, 4.69) is 5.32 Å². The molecule has 3 aromatic rings. The highest BCUT2D eigenvalue weighted by molar-refractivity contribution is 6.05. The van der Waals surface area contributed by atoms with Crippen LogP contribution in [0.25, 0.3) is 11.1 Å². The number of benzene rings is 3. The van der Waals surface area contributed by atoms with Crippen molar-refractivity contribution in [3.8, 4) is 16.9 Å². The van der Waals surface area contributed by atoms with Crippen molar-refractivity contribution in [3.05, 3.63) is 83.7 Å². The first kappa shape index (κ1) is 25.5. The fourth-order valence-electron chi connectivity index (χ4n) is 2.91. The molecule has 6 N–H and O–H groups in total. The number of amides is 1. The van der Waals surface area contributed by atoms with Gasteiger partial charge in [-0.15, -0.1) is 0 Å². The molecule has 0 saturated carbocycles. The minimum absolute atomic E-state index is 0.00261. The van der Waals surface area contributed by atoms with E-state index in [0.717, 1.165) is 6.07 Å². The van der Waals surface area contributed by atoms with Crippen LogP contribution in [-0.4, -0.2) is 47.0 Å². The quantitative estimate of drug-likeness (QED) is 0.328. The van der Waals surface area contributed by atoms with Crippen molar-refractivity contribution in [2.24, 2.45) is 5.73 Å². The number of hydrogen-bond donors (Lipinski definition) is 5. The van der Waals surface area contributed by atoms with E-state index in [0.29, 0.717) is 28.1 Å². The van der Waals surface area contributed by atoms with Crippen molar-refractivity contribution in [2.45, 2.75) is 12.7 Å². The van der Waals surface area contributed by atoms with Crippen LogP contribution in [0.4, 0.5) is 10.1 Å². The van der Waals surface area contributed by atoms with Crippen molar-refractivity contribution in [2.75, 3.05) is 18.5 Å². The SMILES string of the molecule is NC[C@H](O)COc1ccccc1-c1cc(F)cc(C(=O)Nc2cccc(CO)c2)c1.O=CO. The molecule has 3 rings (SSSR count). The average Bonchev–Trinajstić information content (AvgIpc) is 2.83. The number of rotatable bonds is 8. The smallest absolute Gasteiger partial charge is 0.290 e. The lowest BCUT2D eigenvalue weighted by molar-refractivity contribution is -0.122. The first-order valence-corrected chi connectivity index (χ1v) is 9.91. The summed E-state index contributed by atoms with van der Waals surface area (Å²) in [5.74, 6) is -0.612. The molecule has 3 aromatic carbocycles. The van der Waals surface area contributed by atoms with E-state index >= 15 is 0 Å². The molecule has 174 valence electrons. The predicted octanol–water partition coefficient (Wildman–Crippen LogP) is 2.64. The number of nitrogens with one attached hydrogen (secondary N) is 1. The summed E-state index contributed by atoms with van der Waals surface area (Å²) in [6.07, 6.45) is -0.818. The van der Waals surface area contributed by atoms with Crippen LogP contribution in [-0.2, 0) is 11.4 Å². The van der Waals surface area contributed by atoms with E-state index in [1.54, 1.807) is 54.6 Å². The van der Waals surface area contributed by atoms with Crippen LogP contribution < -0.4 is 15.8 Å². The molecule has 0 heterocycles. The van der Waals surface area contributed by atoms with Gasteiger partial charge in [-0.1, -0.05) is 30.3 Å². The molecule has 0 bridgehead atoms. The third-order valence-electron chi connectivity index (χ3n) is 4.43. The molecule has 1 atom stereocenters. The van der Waals surface area contributed by atoms with Crippen molar-refractivity contribution in [1.29, 1.82) is 0 Å². The van der Waals surface area contributed by atoms with Crippen LogP contribution in [0.5, 0.6) is 5.75 Å². The predicted molar refractivity (Wildman–Crippen MR) is 121 cm³/mol. The Morgan fingerprint density at radius 3 is 2.55 bits per heavy atom. The normalized spacial score (nSPS) is 11.0. The Hall–Kier alpha value is -3.79. The Bertz CT molecular complexity index is 1080. The maximum Gasteiger partial charge on any atom is 0.290 e. The summed E-state index contributed by atoms with van der Waals surface area (Å²) >= 11 is 0. The van der Waals surface area contributed by atoms with Gasteiger partial charge in [-0.25, -0.2) is 4.39 Å². The van der Waals surface area contributed by atoms with E-state index < -0.39 is 17.8 Å². The number of carbonyl (C=O) groups is 2. The molecule has 0 spiro atoms. The van der Waals surface area contributed by atoms with E-state index in [9.17, 15) is 19.4 Å². The number of aliphatic hydroxyl groups excluding tert-OH is 2. The Kier molecular flexibility index (Phi) is 9.97. The summed E-state index contributed by atoms with van der Waals surface area (Å²) in [6.45, 7) is -0.342. The zero-order chi connectivity index (χ0) is 24.2. The molecule has 33 heavy (non-hydrogen) atoms. The van der Waals surface area contributed by atoms with Gasteiger partial charge in [-0.2, -0.15) is 0 Å². The monoisotopic (exact) mass is 456 g/mol. The molecular weight excluding hydrogens is 431 g/mol. The molecule has 0 aliphatic carbocycles. The molecule has 0 aliphatic rings. The lowest BCUT2D eigenvalue weighted by atomic mass is 10.0. The molecule has 0 radical (unpaired) electrons. The van der Waals surface area contributed by atoms with Crippen LogP contribution in [0.1, 0.15) is 15.9 Å². The Balaban J connectivity index is 0.00000122. The second-order valence-corrected chi connectivity index (χ2v) is 6.84. The molecule has 1 amide bonds. The molecule has 0 unspecified atom stereocenters. The molecular formula is C24H25FN2O6. The second-order valence-electron chi connectivity index (χ2n) is 6.84. The minimum atomic E-state index is -0.818. The Morgan fingerprint density at radius 1 is 1.12 bits per heavy atom. The lowest BCUT2D eigenvalue weighted by Crippen LogP contribution is -2.26. The molecule has 8 nitrogen and oxygen atoms in total. The van der Waals surface area contributed by atoms with Gasteiger partial charge in [0.2, 0.25) is 0 Å². The van der Waals surface area contributed by atoms with Gasteiger partial charge in [0.15, 0.2) is 0 Å². The van der Waals surface area contributed by atoms with Gasteiger partial charge in [-0.05, 0) is 47.5 Å². The van der Waals surface area contributed by atoms with E-state index in [-0.39, 0.29) is 31.8 Å². The molecule has 0 fully saturated rings. The van der Waals surface area contributed by atoms with Gasteiger partial charge >= 0.3 is 0 Å². The van der Waals surface area contributed by atoms with Crippen molar-refractivity contribution < 1.29 is 34.0 Å². The summed E-state index contributed by atoms with van der Waals surface area (Å²) in [4.78, 5) is 21.0. The fourth-order valence-corrected chi connectivity index (χ4v) is 2.91. The minimum Gasteiger partial charge on any atom is -0.490 e. The second kappa shape index (κ2) is 12.9. The highest BCUT2D eigenvalue weighted by atomic mass is 19.1. The van der Waals surface area contributed by atoms with E-state index in [4.69, 9.17) is 20.4 Å². The summed E-state index contributed by atoms with van der Waals surface area (Å²) in [7, 11) is 0. The first-order valence-electron chi connectivity index (χ1n) is 9.91. The molecule has 0 aromatic heterocycles. The maximum atomic E-state index is 14.3. The number of para-hydroxylation sites is 1. The fraction of sp³-hybridized carbons (Fsp3) is 0.167. The van der Waals surface area contributed by atoms with Crippen LogP contribution in [0.15, 0.2) is 66.7 Å². The molecule has 9 heteroatoms. The van der Waals surface area contributed by atoms with Gasteiger partial charge in [0.25, 0.3) is 12.4 Å². The number of ether oxygens (including phenoxy) is 1. The highest BCUT2D eigenvalue weighted by Gasteiger charge is 2.14. The van der Waals surface area contributed by atoms with Crippen LogP contribution in [0, 0.1) is 5.82 Å². The number of aliphatic hydroxyl groups is 2. The van der Waals surface area contributed by atoms with Gasteiger partial charge in [-0.3, -0.25) is 9.59 Å². The van der Waals surface area contributed by atoms with Gasteiger partial charge in [0.05, 0.1) is 6.61 Å². The topological polar surface area (TPSA) is 142 Å². The van der Waals surface area contributed by atoms with E-state index in [1.165, 1.54) is 6.07 Å². The number of anilines is 1. The van der Waals surface area contributed by atoms with Gasteiger partial charge in [0.1, 0.15) is 24.3 Å². The highest BCUT2D eigenvalue weighted by Crippen LogP contribution is 2.31. The van der Waals surface area contributed by atoms with Crippen LogP contribution >= 0.6 is 0 Å². The third kappa shape index (κ3) is 7.69. The first-order chi connectivity index (χ1) is 15.9. The summed E-state index contributed by atoms with van der Waals surface area (Å²) in [6, 6.07) is 17.8. The molecule has 0 aliphatic heterocycles. The zero-order valence-corrected chi connectivity index (χ0v) is 17.6. The Labute approximate surface area is 190 Å². The maximum absolute atomic E-state index is 14.3. The van der Waals surface area contributed by atoms with E-state index in [1.807, 2.05) is 0 Å². The summed E-state index contributed by atoms with van der Waals surface area (Å²) < 4.78 is 20.0. The lowest BCUT2D eigenvalue weighted by Gasteiger charge is -2.15. The standard InChI is InChI=1S/C23H23FN2O4.CH2O2/c24-18-10-16(21-6-1-2-7-22(21)30-14-20(28)12-25)9-17(11-18)23(29)26-19-5-3-4-15(8-19)13-27;2-1-3/h1-11,20,27-28H,12-14,25H2,(H,26,29);1H,(H,2,3)/t20-;/m0./s1. The summed E-state index contributed by atoms with van der Waals surface area (Å²) in [5.41, 5.74) is 7.73. The zero-order valence-electron chi connectivity index (χ0n) is 17.6. The van der Waals surface area contributed by atoms with Crippen molar-refractivity contribution in [1.82, 2.24) is 0 Å². The number of hydrogen-bond acceptors (Lipinski definition) is 6. The van der Waals surface area contributed by atoms with Crippen LogP contribution in [0.2, 0.25) is 0 Å². The number of nitrogens with two attached hydrogens (primary N) is 1. The number of carbonyl (C=O) groups excluding carboxylic acids is 1. The van der Waals surface area contributed by atoms with Gasteiger partial charge < -0.3 is 31.1 Å². The number of halogens is 1. The van der Waals surface area contributed by atoms with Crippen molar-refractivity contribution in [3.63, 3.8) is 0 Å². The average molecular weight is 456 g/mol. The summed E-state index contributed by atoms with van der Waals surface area (Å²) in [5, 5.41) is 28.5. The van der Waals surface area contributed by atoms with Crippen molar-refractivity contribution >= 4 is 18.1 Å².